The second-order valence-electron chi connectivity index (χ2n) is 5.63. The van der Waals surface area contributed by atoms with Gasteiger partial charge in [0.1, 0.15) is 0 Å². The predicted molar refractivity (Wildman–Crippen MR) is 72.3 cm³/mol. The molecule has 1 atom stereocenters. The average Bonchev–Trinajstić information content (AvgIpc) is 2.78. The Hall–Kier alpha value is -0.990. The van der Waals surface area contributed by atoms with Crippen molar-refractivity contribution in [3.63, 3.8) is 0 Å². The fourth-order valence-corrected chi connectivity index (χ4v) is 2.45. The minimum atomic E-state index is 0.472. The van der Waals surface area contributed by atoms with Crippen molar-refractivity contribution < 1.29 is 0 Å². The molecular weight excluding hydrogens is 210 g/mol. The molecule has 1 saturated carbocycles. The number of hydrogen-bond acceptors (Lipinski definition) is 2. The number of hydrogen-bond donors (Lipinski definition) is 1. The lowest BCUT2D eigenvalue weighted by atomic mass is 9.95. The molecule has 1 N–H and O–H groups in total. The van der Waals surface area contributed by atoms with Crippen LogP contribution in [0.4, 0.5) is 5.95 Å². The normalized spacial score (nSPS) is 19.5. The minimum absolute atomic E-state index is 0.472. The molecule has 0 spiro atoms. The first-order valence-electron chi connectivity index (χ1n) is 6.98. The summed E-state index contributed by atoms with van der Waals surface area (Å²) in [4.78, 5) is 4.47. The predicted octanol–water partition coefficient (Wildman–Crippen LogP) is 3.84. The van der Waals surface area contributed by atoms with Crippen LogP contribution in [0.1, 0.15) is 58.9 Å². The highest BCUT2D eigenvalue weighted by atomic mass is 15.2. The molecule has 3 nitrogen and oxygen atoms in total. The SMILES string of the molecule is CC(C)C(C)Nc1nccn1C1CCCCC1. The van der Waals surface area contributed by atoms with Crippen LogP contribution in [-0.4, -0.2) is 15.6 Å². The number of nitrogens with zero attached hydrogens (tertiary/aromatic N) is 2. The molecular formula is C14H25N3. The summed E-state index contributed by atoms with van der Waals surface area (Å²) in [7, 11) is 0. The molecule has 2 rings (SSSR count). The molecule has 0 radical (unpaired) electrons. The van der Waals surface area contributed by atoms with Crippen molar-refractivity contribution in [2.75, 3.05) is 5.32 Å². The fourth-order valence-electron chi connectivity index (χ4n) is 2.45. The fraction of sp³-hybridized carbons (Fsp3) is 0.786. The molecule has 1 heterocycles. The summed E-state index contributed by atoms with van der Waals surface area (Å²) in [6, 6.07) is 1.13. The molecule has 17 heavy (non-hydrogen) atoms. The summed E-state index contributed by atoms with van der Waals surface area (Å²) in [5.74, 6) is 1.68. The van der Waals surface area contributed by atoms with Crippen LogP contribution in [0.3, 0.4) is 0 Å². The lowest BCUT2D eigenvalue weighted by Crippen LogP contribution is -2.25. The maximum Gasteiger partial charge on any atom is 0.203 e. The zero-order valence-electron chi connectivity index (χ0n) is 11.3. The Bertz CT molecular complexity index is 337. The summed E-state index contributed by atoms with van der Waals surface area (Å²) in [6.07, 6.45) is 10.8. The van der Waals surface area contributed by atoms with Gasteiger partial charge < -0.3 is 9.88 Å². The summed E-state index contributed by atoms with van der Waals surface area (Å²) in [5, 5.41) is 3.54. The Kier molecular flexibility index (Phi) is 4.08. The summed E-state index contributed by atoms with van der Waals surface area (Å²) in [5.41, 5.74) is 0. The standard InChI is InChI=1S/C14H25N3/c1-11(2)12(3)16-14-15-9-10-17(14)13-7-5-4-6-8-13/h9-13H,4-8H2,1-3H3,(H,15,16). The van der Waals surface area contributed by atoms with Crippen LogP contribution < -0.4 is 5.32 Å². The van der Waals surface area contributed by atoms with Gasteiger partial charge in [-0.1, -0.05) is 33.1 Å². The average molecular weight is 235 g/mol. The van der Waals surface area contributed by atoms with Gasteiger partial charge in [-0.3, -0.25) is 0 Å². The van der Waals surface area contributed by atoms with Crippen LogP contribution in [0.2, 0.25) is 0 Å². The third kappa shape index (κ3) is 3.02. The molecule has 0 amide bonds. The third-order valence-electron chi connectivity index (χ3n) is 3.99. The van der Waals surface area contributed by atoms with Crippen molar-refractivity contribution in [1.29, 1.82) is 0 Å². The van der Waals surface area contributed by atoms with Gasteiger partial charge in [-0.2, -0.15) is 0 Å². The van der Waals surface area contributed by atoms with Gasteiger partial charge in [-0.25, -0.2) is 4.98 Å². The number of imidazole rings is 1. The molecule has 0 bridgehead atoms. The molecule has 0 aromatic carbocycles. The number of nitrogens with one attached hydrogen (secondary N) is 1. The Morgan fingerprint density at radius 1 is 1.24 bits per heavy atom. The first kappa shape index (κ1) is 12.5. The van der Waals surface area contributed by atoms with E-state index in [-0.39, 0.29) is 0 Å². The lowest BCUT2D eigenvalue weighted by Gasteiger charge is -2.26. The molecule has 1 aliphatic rings. The molecule has 1 aromatic rings. The van der Waals surface area contributed by atoms with Gasteiger partial charge in [0.25, 0.3) is 0 Å². The van der Waals surface area contributed by atoms with Gasteiger partial charge in [-0.05, 0) is 25.7 Å². The highest BCUT2D eigenvalue weighted by molar-refractivity contribution is 5.28. The zero-order chi connectivity index (χ0) is 12.3. The van der Waals surface area contributed by atoms with E-state index in [0.717, 1.165) is 5.95 Å². The highest BCUT2D eigenvalue weighted by Crippen LogP contribution is 2.30. The number of aromatic nitrogens is 2. The van der Waals surface area contributed by atoms with Crippen molar-refractivity contribution >= 4 is 5.95 Å². The first-order chi connectivity index (χ1) is 8.18. The van der Waals surface area contributed by atoms with Gasteiger partial charge in [0.15, 0.2) is 0 Å². The van der Waals surface area contributed by atoms with Gasteiger partial charge in [-0.15, -0.1) is 0 Å². The van der Waals surface area contributed by atoms with Crippen LogP contribution in [0.25, 0.3) is 0 Å². The van der Waals surface area contributed by atoms with Crippen LogP contribution >= 0.6 is 0 Å². The van der Waals surface area contributed by atoms with Gasteiger partial charge in [0, 0.05) is 24.5 Å². The Labute approximate surface area is 105 Å². The quantitative estimate of drug-likeness (QED) is 0.859. The van der Waals surface area contributed by atoms with Crippen molar-refractivity contribution in [1.82, 2.24) is 9.55 Å². The van der Waals surface area contributed by atoms with E-state index in [4.69, 9.17) is 0 Å². The van der Waals surface area contributed by atoms with Crippen LogP contribution in [0.5, 0.6) is 0 Å². The first-order valence-corrected chi connectivity index (χ1v) is 6.98. The molecule has 3 heteroatoms. The van der Waals surface area contributed by atoms with E-state index in [1.165, 1.54) is 32.1 Å². The molecule has 0 saturated heterocycles. The molecule has 1 aliphatic carbocycles. The maximum atomic E-state index is 4.47. The Morgan fingerprint density at radius 2 is 1.94 bits per heavy atom. The number of rotatable bonds is 4. The second kappa shape index (κ2) is 5.56. The van der Waals surface area contributed by atoms with E-state index in [1.54, 1.807) is 0 Å². The van der Waals surface area contributed by atoms with Crippen molar-refractivity contribution in [2.24, 2.45) is 5.92 Å². The molecule has 96 valence electrons. The monoisotopic (exact) mass is 235 g/mol. The number of anilines is 1. The molecule has 0 aliphatic heterocycles. The zero-order valence-corrected chi connectivity index (χ0v) is 11.3. The van der Waals surface area contributed by atoms with Gasteiger partial charge in [0.2, 0.25) is 5.95 Å². The van der Waals surface area contributed by atoms with Crippen LogP contribution in [0.15, 0.2) is 12.4 Å². The van der Waals surface area contributed by atoms with Crippen LogP contribution in [0, 0.1) is 5.92 Å². The van der Waals surface area contributed by atoms with Crippen molar-refractivity contribution in [3.8, 4) is 0 Å². The van der Waals surface area contributed by atoms with Crippen LogP contribution in [-0.2, 0) is 0 Å². The smallest absolute Gasteiger partial charge is 0.203 e. The van der Waals surface area contributed by atoms with E-state index in [1.807, 2.05) is 6.20 Å². The molecule has 1 aromatic heterocycles. The van der Waals surface area contributed by atoms with E-state index in [2.05, 4.69) is 41.8 Å². The van der Waals surface area contributed by atoms with E-state index in [0.29, 0.717) is 18.0 Å². The third-order valence-corrected chi connectivity index (χ3v) is 3.99. The second-order valence-corrected chi connectivity index (χ2v) is 5.63. The van der Waals surface area contributed by atoms with Crippen molar-refractivity contribution in [2.45, 2.75) is 65.0 Å². The van der Waals surface area contributed by atoms with E-state index < -0.39 is 0 Å². The highest BCUT2D eigenvalue weighted by Gasteiger charge is 2.18. The molecule has 1 fully saturated rings. The molecule has 1 unspecified atom stereocenters. The summed E-state index contributed by atoms with van der Waals surface area (Å²) in [6.45, 7) is 6.71. The van der Waals surface area contributed by atoms with Crippen molar-refractivity contribution in [3.05, 3.63) is 12.4 Å². The van der Waals surface area contributed by atoms with E-state index in [9.17, 15) is 0 Å². The minimum Gasteiger partial charge on any atom is -0.353 e. The summed E-state index contributed by atoms with van der Waals surface area (Å²) >= 11 is 0. The van der Waals surface area contributed by atoms with Gasteiger partial charge >= 0.3 is 0 Å². The van der Waals surface area contributed by atoms with E-state index >= 15 is 0 Å². The Morgan fingerprint density at radius 3 is 2.59 bits per heavy atom. The lowest BCUT2D eigenvalue weighted by molar-refractivity contribution is 0.354. The largest absolute Gasteiger partial charge is 0.353 e. The Balaban J connectivity index is 2.05. The topological polar surface area (TPSA) is 29.9 Å². The van der Waals surface area contributed by atoms with Gasteiger partial charge in [0.05, 0.1) is 0 Å². The maximum absolute atomic E-state index is 4.47. The summed E-state index contributed by atoms with van der Waals surface area (Å²) < 4.78 is 2.35.